The molecule has 8 nitrogen and oxygen atoms in total. The van der Waals surface area contributed by atoms with E-state index in [2.05, 4.69) is 15.5 Å². The number of carbonyl (C=O) groups is 2. The molecule has 3 aliphatic heterocycles. The Hall–Kier alpha value is -1.97. The molecule has 2 amide bonds. The summed E-state index contributed by atoms with van der Waals surface area (Å²) in [6.45, 7) is 3.98. The standard InChI is InChI=1S/C19H25N3O5S/c23-17(10-20-18(24)14-1-2-15-16(9-14)27-13-26-15)21-11-19(3-8-28-12-19)22-4-6-25-7-5-22/h1-2,9H,3-8,10-13H2,(H,20,24)(H,21,23). The van der Waals surface area contributed by atoms with Gasteiger partial charge < -0.3 is 24.8 Å². The van der Waals surface area contributed by atoms with Gasteiger partial charge in [-0.1, -0.05) is 0 Å². The monoisotopic (exact) mass is 407 g/mol. The first kappa shape index (κ1) is 19.4. The molecule has 3 heterocycles. The van der Waals surface area contributed by atoms with Gasteiger partial charge in [-0.25, -0.2) is 0 Å². The molecule has 0 radical (unpaired) electrons. The number of hydrogen-bond donors (Lipinski definition) is 2. The van der Waals surface area contributed by atoms with Crippen molar-refractivity contribution in [1.82, 2.24) is 15.5 Å². The number of thioether (sulfide) groups is 1. The summed E-state index contributed by atoms with van der Waals surface area (Å²) in [5.74, 6) is 2.79. The van der Waals surface area contributed by atoms with Crippen molar-refractivity contribution in [3.05, 3.63) is 23.8 Å². The molecule has 0 spiro atoms. The molecule has 1 unspecified atom stereocenters. The van der Waals surface area contributed by atoms with Crippen molar-refractivity contribution in [3.63, 3.8) is 0 Å². The maximum Gasteiger partial charge on any atom is 0.251 e. The highest BCUT2D eigenvalue weighted by atomic mass is 32.2. The number of ether oxygens (including phenoxy) is 3. The molecule has 4 rings (SSSR count). The number of amides is 2. The normalized spacial score (nSPS) is 24.1. The third-order valence-corrected chi connectivity index (χ3v) is 6.66. The van der Waals surface area contributed by atoms with Crippen molar-refractivity contribution in [2.45, 2.75) is 12.0 Å². The number of nitrogens with one attached hydrogen (secondary N) is 2. The molecule has 0 bridgehead atoms. The quantitative estimate of drug-likeness (QED) is 0.709. The van der Waals surface area contributed by atoms with Crippen LogP contribution in [-0.4, -0.2) is 79.9 Å². The highest BCUT2D eigenvalue weighted by molar-refractivity contribution is 7.99. The van der Waals surface area contributed by atoms with Crippen molar-refractivity contribution in [3.8, 4) is 11.5 Å². The Morgan fingerprint density at radius 1 is 1.14 bits per heavy atom. The van der Waals surface area contributed by atoms with Crippen molar-refractivity contribution >= 4 is 23.6 Å². The molecule has 2 fully saturated rings. The van der Waals surface area contributed by atoms with E-state index in [-0.39, 0.29) is 30.7 Å². The molecule has 0 aromatic heterocycles. The van der Waals surface area contributed by atoms with E-state index in [0.717, 1.165) is 44.2 Å². The number of hydrogen-bond acceptors (Lipinski definition) is 7. The Bertz CT molecular complexity index is 732. The number of carbonyl (C=O) groups excluding carboxylic acids is 2. The number of morpholine rings is 1. The second-order valence-electron chi connectivity index (χ2n) is 7.15. The summed E-state index contributed by atoms with van der Waals surface area (Å²) in [5, 5.41) is 5.69. The van der Waals surface area contributed by atoms with E-state index in [9.17, 15) is 9.59 Å². The van der Waals surface area contributed by atoms with E-state index in [0.29, 0.717) is 23.6 Å². The fourth-order valence-electron chi connectivity index (χ4n) is 3.76. The summed E-state index contributed by atoms with van der Waals surface area (Å²) in [6.07, 6.45) is 1.06. The van der Waals surface area contributed by atoms with E-state index in [4.69, 9.17) is 14.2 Å². The lowest BCUT2D eigenvalue weighted by molar-refractivity contribution is -0.121. The third-order valence-electron chi connectivity index (χ3n) is 5.42. The summed E-state index contributed by atoms with van der Waals surface area (Å²) < 4.78 is 16.0. The first-order valence-electron chi connectivity index (χ1n) is 9.51. The molecule has 0 saturated carbocycles. The van der Waals surface area contributed by atoms with E-state index in [1.165, 1.54) is 0 Å². The van der Waals surface area contributed by atoms with Crippen molar-refractivity contribution in [2.24, 2.45) is 0 Å². The molecular weight excluding hydrogens is 382 g/mol. The minimum Gasteiger partial charge on any atom is -0.454 e. The number of rotatable bonds is 6. The molecule has 1 aromatic carbocycles. The minimum absolute atomic E-state index is 0.00849. The average Bonchev–Trinajstić information content (AvgIpc) is 3.40. The number of fused-ring (bicyclic) bond motifs is 1. The van der Waals surface area contributed by atoms with Crippen LogP contribution in [-0.2, 0) is 9.53 Å². The molecule has 9 heteroatoms. The highest BCUT2D eigenvalue weighted by Crippen LogP contribution is 2.34. The largest absolute Gasteiger partial charge is 0.454 e. The van der Waals surface area contributed by atoms with Gasteiger partial charge in [0.1, 0.15) is 0 Å². The van der Waals surface area contributed by atoms with Gasteiger partial charge in [-0.15, -0.1) is 0 Å². The SMILES string of the molecule is O=C(CNC(=O)c1ccc2c(c1)OCO2)NCC1(N2CCOCC2)CCSC1. The Morgan fingerprint density at radius 2 is 1.96 bits per heavy atom. The summed E-state index contributed by atoms with van der Waals surface area (Å²) >= 11 is 1.93. The van der Waals surface area contributed by atoms with Crippen molar-refractivity contribution < 1.29 is 23.8 Å². The first-order chi connectivity index (χ1) is 13.7. The number of nitrogens with zero attached hydrogens (tertiary/aromatic N) is 1. The molecular formula is C19H25N3O5S. The van der Waals surface area contributed by atoms with E-state index >= 15 is 0 Å². The minimum atomic E-state index is -0.312. The van der Waals surface area contributed by atoms with Crippen LogP contribution in [0.25, 0.3) is 0 Å². The second kappa shape index (κ2) is 8.59. The second-order valence-corrected chi connectivity index (χ2v) is 8.26. The van der Waals surface area contributed by atoms with Gasteiger partial charge in [0.05, 0.1) is 19.8 Å². The van der Waals surface area contributed by atoms with Crippen molar-refractivity contribution in [2.75, 3.05) is 57.7 Å². The zero-order valence-corrected chi connectivity index (χ0v) is 16.5. The predicted molar refractivity (Wildman–Crippen MR) is 105 cm³/mol. The zero-order chi connectivity index (χ0) is 19.4. The van der Waals surface area contributed by atoms with Crippen LogP contribution < -0.4 is 20.1 Å². The Balaban J connectivity index is 1.27. The fourth-order valence-corrected chi connectivity index (χ4v) is 5.24. The summed E-state index contributed by atoms with van der Waals surface area (Å²) in [5.41, 5.74) is 0.430. The van der Waals surface area contributed by atoms with E-state index < -0.39 is 0 Å². The molecule has 28 heavy (non-hydrogen) atoms. The maximum absolute atomic E-state index is 12.3. The van der Waals surface area contributed by atoms with Gasteiger partial charge in [-0.3, -0.25) is 14.5 Å². The van der Waals surface area contributed by atoms with Crippen LogP contribution in [0.5, 0.6) is 11.5 Å². The summed E-state index contributed by atoms with van der Waals surface area (Å²) in [6, 6.07) is 4.98. The van der Waals surface area contributed by atoms with Gasteiger partial charge in [-0.2, -0.15) is 11.8 Å². The van der Waals surface area contributed by atoms with Gasteiger partial charge >= 0.3 is 0 Å². The van der Waals surface area contributed by atoms with Crippen LogP contribution in [0.2, 0.25) is 0 Å². The molecule has 152 valence electrons. The van der Waals surface area contributed by atoms with Crippen LogP contribution in [0.1, 0.15) is 16.8 Å². The topological polar surface area (TPSA) is 89.1 Å². The summed E-state index contributed by atoms with van der Waals surface area (Å²) in [4.78, 5) is 27.1. The van der Waals surface area contributed by atoms with Gasteiger partial charge in [0.25, 0.3) is 5.91 Å². The van der Waals surface area contributed by atoms with Crippen LogP contribution in [0, 0.1) is 0 Å². The zero-order valence-electron chi connectivity index (χ0n) is 15.7. The number of benzene rings is 1. The Labute approximate surface area is 168 Å². The van der Waals surface area contributed by atoms with Gasteiger partial charge in [0, 0.05) is 36.5 Å². The smallest absolute Gasteiger partial charge is 0.251 e. The van der Waals surface area contributed by atoms with Crippen LogP contribution in [0.4, 0.5) is 0 Å². The lowest BCUT2D eigenvalue weighted by Crippen LogP contribution is -2.59. The summed E-state index contributed by atoms with van der Waals surface area (Å²) in [7, 11) is 0. The first-order valence-corrected chi connectivity index (χ1v) is 10.7. The van der Waals surface area contributed by atoms with Crippen molar-refractivity contribution in [1.29, 1.82) is 0 Å². The molecule has 2 saturated heterocycles. The Kier molecular flexibility index (Phi) is 5.93. The predicted octanol–water partition coefficient (Wildman–Crippen LogP) is 0.469. The molecule has 1 aromatic rings. The third kappa shape index (κ3) is 4.21. The fraction of sp³-hybridized carbons (Fsp3) is 0.579. The molecule has 1 atom stereocenters. The van der Waals surface area contributed by atoms with E-state index in [1.54, 1.807) is 18.2 Å². The molecule has 0 aliphatic carbocycles. The molecule has 3 aliphatic rings. The lowest BCUT2D eigenvalue weighted by atomic mass is 9.95. The van der Waals surface area contributed by atoms with Crippen LogP contribution in [0.15, 0.2) is 18.2 Å². The van der Waals surface area contributed by atoms with Gasteiger partial charge in [-0.05, 0) is 30.4 Å². The maximum atomic E-state index is 12.3. The van der Waals surface area contributed by atoms with Crippen LogP contribution >= 0.6 is 11.8 Å². The molecule has 2 N–H and O–H groups in total. The lowest BCUT2D eigenvalue weighted by Gasteiger charge is -2.43. The average molecular weight is 407 g/mol. The van der Waals surface area contributed by atoms with Crippen LogP contribution in [0.3, 0.4) is 0 Å². The van der Waals surface area contributed by atoms with E-state index in [1.807, 2.05) is 11.8 Å². The van der Waals surface area contributed by atoms with Gasteiger partial charge in [0.15, 0.2) is 11.5 Å². The highest BCUT2D eigenvalue weighted by Gasteiger charge is 2.40. The van der Waals surface area contributed by atoms with Gasteiger partial charge in [0.2, 0.25) is 12.7 Å². The Morgan fingerprint density at radius 3 is 2.75 bits per heavy atom.